The molecule has 1 aromatic carbocycles. The van der Waals surface area contributed by atoms with Crippen LogP contribution in [0.25, 0.3) is 0 Å². The smallest absolute Gasteiger partial charge is 0.343 e. The van der Waals surface area contributed by atoms with Crippen molar-refractivity contribution in [1.29, 1.82) is 0 Å². The number of aryl methyl sites for hydroxylation is 1. The van der Waals surface area contributed by atoms with E-state index in [1.165, 1.54) is 12.1 Å². The lowest BCUT2D eigenvalue weighted by Gasteiger charge is -2.06. The van der Waals surface area contributed by atoms with Crippen LogP contribution in [0.15, 0.2) is 12.1 Å². The third-order valence-corrected chi connectivity index (χ3v) is 1.83. The standard InChI is InChI=1S/C9H10O4/c1-2-5-3-4-6(10)7(8(5)11)9(12)13/h3-4,10-11H,2H2,1H3,(H,12,13). The predicted molar refractivity (Wildman–Crippen MR) is 46.1 cm³/mol. The average Bonchev–Trinajstić information content (AvgIpc) is 2.04. The summed E-state index contributed by atoms with van der Waals surface area (Å²) in [5.74, 6) is -2.09. The Labute approximate surface area is 75.1 Å². The fraction of sp³-hybridized carbons (Fsp3) is 0.222. The van der Waals surface area contributed by atoms with Gasteiger partial charge in [-0.15, -0.1) is 0 Å². The molecule has 1 aromatic rings. The van der Waals surface area contributed by atoms with E-state index < -0.39 is 17.3 Å². The number of rotatable bonds is 2. The normalized spacial score (nSPS) is 9.92. The van der Waals surface area contributed by atoms with E-state index in [0.29, 0.717) is 12.0 Å². The Bertz CT molecular complexity index is 344. The highest BCUT2D eigenvalue weighted by molar-refractivity contribution is 5.94. The molecule has 0 aliphatic carbocycles. The largest absolute Gasteiger partial charge is 0.507 e. The zero-order chi connectivity index (χ0) is 10.0. The van der Waals surface area contributed by atoms with Crippen molar-refractivity contribution in [2.75, 3.05) is 0 Å². The number of benzene rings is 1. The highest BCUT2D eigenvalue weighted by Crippen LogP contribution is 2.30. The zero-order valence-electron chi connectivity index (χ0n) is 7.11. The number of aromatic hydroxyl groups is 2. The number of carboxylic acids is 1. The van der Waals surface area contributed by atoms with Gasteiger partial charge in [-0.1, -0.05) is 13.0 Å². The van der Waals surface area contributed by atoms with E-state index in [-0.39, 0.29) is 5.75 Å². The van der Waals surface area contributed by atoms with E-state index in [1.807, 2.05) is 0 Å². The van der Waals surface area contributed by atoms with Crippen LogP contribution in [0.4, 0.5) is 0 Å². The van der Waals surface area contributed by atoms with Crippen molar-refractivity contribution in [3.05, 3.63) is 23.3 Å². The Morgan fingerprint density at radius 3 is 2.46 bits per heavy atom. The van der Waals surface area contributed by atoms with Gasteiger partial charge in [-0.25, -0.2) is 4.79 Å². The Hall–Kier alpha value is -1.71. The Morgan fingerprint density at radius 1 is 1.38 bits per heavy atom. The topological polar surface area (TPSA) is 77.8 Å². The second-order valence-corrected chi connectivity index (χ2v) is 2.63. The first-order chi connectivity index (χ1) is 6.07. The lowest BCUT2D eigenvalue weighted by molar-refractivity contribution is 0.0690. The second-order valence-electron chi connectivity index (χ2n) is 2.63. The minimum Gasteiger partial charge on any atom is -0.507 e. The summed E-state index contributed by atoms with van der Waals surface area (Å²) in [5.41, 5.74) is 0.0783. The number of hydrogen-bond acceptors (Lipinski definition) is 3. The summed E-state index contributed by atoms with van der Waals surface area (Å²) in [6.45, 7) is 1.79. The van der Waals surface area contributed by atoms with Crippen LogP contribution in [0.3, 0.4) is 0 Å². The highest BCUT2D eigenvalue weighted by Gasteiger charge is 2.17. The van der Waals surface area contributed by atoms with Crippen LogP contribution < -0.4 is 0 Å². The van der Waals surface area contributed by atoms with Gasteiger partial charge in [0.2, 0.25) is 0 Å². The summed E-state index contributed by atoms with van der Waals surface area (Å²) in [6.07, 6.45) is 0.520. The first kappa shape index (κ1) is 9.38. The second kappa shape index (κ2) is 3.35. The maximum Gasteiger partial charge on any atom is 0.343 e. The van der Waals surface area contributed by atoms with Crippen molar-refractivity contribution in [2.45, 2.75) is 13.3 Å². The molecular weight excluding hydrogens is 172 g/mol. The molecule has 1 rings (SSSR count). The predicted octanol–water partition coefficient (Wildman–Crippen LogP) is 1.36. The molecule has 0 atom stereocenters. The van der Waals surface area contributed by atoms with E-state index in [4.69, 9.17) is 10.2 Å². The van der Waals surface area contributed by atoms with Crippen LogP contribution in [-0.2, 0) is 6.42 Å². The molecule has 0 bridgehead atoms. The van der Waals surface area contributed by atoms with Crippen molar-refractivity contribution in [2.24, 2.45) is 0 Å². The molecule has 0 spiro atoms. The first-order valence-electron chi connectivity index (χ1n) is 3.85. The van der Waals surface area contributed by atoms with E-state index >= 15 is 0 Å². The lowest BCUT2D eigenvalue weighted by Crippen LogP contribution is -1.99. The molecule has 0 amide bonds. The summed E-state index contributed by atoms with van der Waals surface area (Å²) < 4.78 is 0. The molecule has 4 nitrogen and oxygen atoms in total. The summed E-state index contributed by atoms with van der Waals surface area (Å²) in [4.78, 5) is 10.6. The third-order valence-electron chi connectivity index (χ3n) is 1.83. The first-order valence-corrected chi connectivity index (χ1v) is 3.85. The minimum atomic E-state index is -1.33. The summed E-state index contributed by atoms with van der Waals surface area (Å²) >= 11 is 0. The highest BCUT2D eigenvalue weighted by atomic mass is 16.4. The zero-order valence-corrected chi connectivity index (χ0v) is 7.11. The average molecular weight is 182 g/mol. The lowest BCUT2D eigenvalue weighted by atomic mass is 10.1. The van der Waals surface area contributed by atoms with E-state index in [2.05, 4.69) is 0 Å². The fourth-order valence-corrected chi connectivity index (χ4v) is 1.12. The molecule has 0 radical (unpaired) electrons. The van der Waals surface area contributed by atoms with E-state index in [9.17, 15) is 9.90 Å². The maximum atomic E-state index is 10.6. The number of phenols is 2. The Kier molecular flexibility index (Phi) is 2.41. The number of carboxylic acid groups (broad SMARTS) is 1. The Morgan fingerprint density at radius 2 is 2.00 bits per heavy atom. The van der Waals surface area contributed by atoms with Crippen LogP contribution in [0, 0.1) is 0 Å². The molecule has 0 heterocycles. The summed E-state index contributed by atoms with van der Waals surface area (Å²) in [6, 6.07) is 2.76. The van der Waals surface area contributed by atoms with Gasteiger partial charge in [0.15, 0.2) is 0 Å². The SMILES string of the molecule is CCc1ccc(O)c(C(=O)O)c1O. The number of carbonyl (C=O) groups is 1. The van der Waals surface area contributed by atoms with Gasteiger partial charge in [-0.2, -0.15) is 0 Å². The van der Waals surface area contributed by atoms with Gasteiger partial charge in [-0.05, 0) is 18.1 Å². The minimum absolute atomic E-state index is 0.352. The third kappa shape index (κ3) is 1.56. The maximum absolute atomic E-state index is 10.6. The van der Waals surface area contributed by atoms with Crippen molar-refractivity contribution in [1.82, 2.24) is 0 Å². The molecule has 0 aliphatic rings. The van der Waals surface area contributed by atoms with E-state index in [1.54, 1.807) is 6.92 Å². The molecule has 0 fully saturated rings. The van der Waals surface area contributed by atoms with Crippen molar-refractivity contribution in [3.63, 3.8) is 0 Å². The molecule has 0 unspecified atom stereocenters. The molecular formula is C9H10O4. The van der Waals surface area contributed by atoms with Crippen molar-refractivity contribution < 1.29 is 20.1 Å². The fourth-order valence-electron chi connectivity index (χ4n) is 1.12. The molecule has 3 N–H and O–H groups in total. The van der Waals surface area contributed by atoms with Gasteiger partial charge in [0, 0.05) is 0 Å². The molecule has 0 aromatic heterocycles. The molecule has 13 heavy (non-hydrogen) atoms. The van der Waals surface area contributed by atoms with Gasteiger partial charge >= 0.3 is 5.97 Å². The van der Waals surface area contributed by atoms with Gasteiger partial charge < -0.3 is 15.3 Å². The quantitative estimate of drug-likeness (QED) is 0.645. The van der Waals surface area contributed by atoms with Crippen molar-refractivity contribution >= 4 is 5.97 Å². The van der Waals surface area contributed by atoms with Crippen LogP contribution in [-0.4, -0.2) is 21.3 Å². The van der Waals surface area contributed by atoms with Crippen LogP contribution >= 0.6 is 0 Å². The number of aromatic carboxylic acids is 1. The Balaban J connectivity index is 3.38. The van der Waals surface area contributed by atoms with Crippen LogP contribution in [0.5, 0.6) is 11.5 Å². The summed E-state index contributed by atoms with van der Waals surface area (Å²) in [7, 11) is 0. The van der Waals surface area contributed by atoms with E-state index in [0.717, 1.165) is 0 Å². The molecule has 0 aliphatic heterocycles. The van der Waals surface area contributed by atoms with Crippen LogP contribution in [0.2, 0.25) is 0 Å². The van der Waals surface area contributed by atoms with Gasteiger partial charge in [0.1, 0.15) is 17.1 Å². The monoisotopic (exact) mass is 182 g/mol. The molecule has 0 saturated heterocycles. The molecule has 0 saturated carbocycles. The number of hydrogen-bond donors (Lipinski definition) is 3. The van der Waals surface area contributed by atoms with Gasteiger partial charge in [0.25, 0.3) is 0 Å². The molecule has 4 heteroatoms. The van der Waals surface area contributed by atoms with Gasteiger partial charge in [-0.3, -0.25) is 0 Å². The van der Waals surface area contributed by atoms with Crippen LogP contribution in [0.1, 0.15) is 22.8 Å². The van der Waals surface area contributed by atoms with Gasteiger partial charge in [0.05, 0.1) is 0 Å². The summed E-state index contributed by atoms with van der Waals surface area (Å²) in [5, 5.41) is 27.2. The molecule has 70 valence electrons. The van der Waals surface area contributed by atoms with Crippen molar-refractivity contribution in [3.8, 4) is 11.5 Å².